The summed E-state index contributed by atoms with van der Waals surface area (Å²) in [7, 11) is 0. The number of nitrogens with one attached hydrogen (secondary N) is 1. The summed E-state index contributed by atoms with van der Waals surface area (Å²) in [6.45, 7) is 0. The van der Waals surface area contributed by atoms with Crippen molar-refractivity contribution in [2.75, 3.05) is 0 Å². The van der Waals surface area contributed by atoms with Crippen LogP contribution in [0.15, 0.2) is 18.2 Å². The molecule has 0 aliphatic heterocycles. The van der Waals surface area contributed by atoms with Gasteiger partial charge in [-0.2, -0.15) is 5.26 Å². The van der Waals surface area contributed by atoms with Crippen molar-refractivity contribution in [3.63, 3.8) is 0 Å². The Labute approximate surface area is 114 Å². The lowest BCUT2D eigenvalue weighted by molar-refractivity contribution is -0.385. The van der Waals surface area contributed by atoms with Crippen LogP contribution >= 0.6 is 0 Å². The highest BCUT2D eigenvalue weighted by atomic mass is 19.1. The minimum absolute atomic E-state index is 0.299. The molecule has 0 spiro atoms. The van der Waals surface area contributed by atoms with Crippen LogP contribution in [0.25, 0.3) is 0 Å². The molecule has 2 atom stereocenters. The minimum Gasteiger partial charge on any atom is -0.348 e. The van der Waals surface area contributed by atoms with E-state index >= 15 is 0 Å². The molecule has 0 heterocycles. The van der Waals surface area contributed by atoms with E-state index in [1.807, 2.05) is 0 Å². The van der Waals surface area contributed by atoms with Crippen molar-refractivity contribution in [2.24, 2.45) is 5.92 Å². The molecule has 20 heavy (non-hydrogen) atoms. The average Bonchev–Trinajstić information content (AvgIpc) is 2.85. The zero-order valence-corrected chi connectivity index (χ0v) is 10.5. The fourth-order valence-corrected chi connectivity index (χ4v) is 2.38. The number of nitro benzene ring substituents is 1. The van der Waals surface area contributed by atoms with E-state index in [1.54, 1.807) is 0 Å². The number of hydrogen-bond acceptors (Lipinski definition) is 4. The molecular weight excluding hydrogens is 265 g/mol. The zero-order valence-electron chi connectivity index (χ0n) is 10.5. The molecule has 1 aromatic carbocycles. The molecule has 0 bridgehead atoms. The summed E-state index contributed by atoms with van der Waals surface area (Å²) in [6, 6.07) is 4.49. The maximum absolute atomic E-state index is 13.2. The summed E-state index contributed by atoms with van der Waals surface area (Å²) in [4.78, 5) is 22.2. The number of halogens is 1. The third-order valence-corrected chi connectivity index (χ3v) is 3.40. The van der Waals surface area contributed by atoms with Gasteiger partial charge in [0.05, 0.1) is 16.9 Å². The average molecular weight is 277 g/mol. The highest BCUT2D eigenvalue weighted by molar-refractivity contribution is 5.98. The Morgan fingerprint density at radius 2 is 2.25 bits per heavy atom. The first-order valence-electron chi connectivity index (χ1n) is 6.17. The lowest BCUT2D eigenvalue weighted by Crippen LogP contribution is -2.37. The third kappa shape index (κ3) is 2.74. The smallest absolute Gasteiger partial charge is 0.282 e. The van der Waals surface area contributed by atoms with Gasteiger partial charge in [0.15, 0.2) is 0 Å². The Morgan fingerprint density at radius 1 is 1.50 bits per heavy atom. The molecule has 0 aromatic heterocycles. The summed E-state index contributed by atoms with van der Waals surface area (Å²) in [5, 5.41) is 22.4. The lowest BCUT2D eigenvalue weighted by atomic mass is 10.0. The second kappa shape index (κ2) is 5.65. The van der Waals surface area contributed by atoms with Crippen molar-refractivity contribution >= 4 is 11.6 Å². The van der Waals surface area contributed by atoms with Gasteiger partial charge in [-0.25, -0.2) is 4.39 Å². The van der Waals surface area contributed by atoms with E-state index in [1.165, 1.54) is 0 Å². The van der Waals surface area contributed by atoms with E-state index in [0.717, 1.165) is 24.6 Å². The third-order valence-electron chi connectivity index (χ3n) is 3.40. The molecule has 2 rings (SSSR count). The number of hydrogen-bond donors (Lipinski definition) is 1. The summed E-state index contributed by atoms with van der Waals surface area (Å²) in [6.07, 6.45) is 2.15. The number of carbonyl (C=O) groups is 1. The van der Waals surface area contributed by atoms with Gasteiger partial charge < -0.3 is 5.32 Å². The first-order valence-corrected chi connectivity index (χ1v) is 6.17. The molecule has 1 aliphatic carbocycles. The monoisotopic (exact) mass is 277 g/mol. The molecule has 0 saturated heterocycles. The zero-order chi connectivity index (χ0) is 14.7. The van der Waals surface area contributed by atoms with Gasteiger partial charge in [0.2, 0.25) is 0 Å². The highest BCUT2D eigenvalue weighted by Gasteiger charge is 2.30. The van der Waals surface area contributed by atoms with Gasteiger partial charge in [-0.3, -0.25) is 14.9 Å². The first kappa shape index (κ1) is 13.9. The molecular formula is C13H12FN3O3. The summed E-state index contributed by atoms with van der Waals surface area (Å²) in [5.41, 5.74) is -0.769. The van der Waals surface area contributed by atoms with Crippen LogP contribution in [0.1, 0.15) is 29.6 Å². The largest absolute Gasteiger partial charge is 0.348 e. The van der Waals surface area contributed by atoms with Gasteiger partial charge in [0.25, 0.3) is 11.6 Å². The number of carbonyl (C=O) groups excluding carboxylic acids is 1. The Hall–Kier alpha value is -2.49. The molecule has 1 saturated carbocycles. The van der Waals surface area contributed by atoms with Crippen LogP contribution in [0.4, 0.5) is 10.1 Å². The van der Waals surface area contributed by atoms with E-state index in [2.05, 4.69) is 11.4 Å². The second-order valence-electron chi connectivity index (χ2n) is 4.67. The maximum Gasteiger partial charge on any atom is 0.282 e. The van der Waals surface area contributed by atoms with Crippen LogP contribution in [0.3, 0.4) is 0 Å². The predicted molar refractivity (Wildman–Crippen MR) is 67.3 cm³/mol. The Kier molecular flexibility index (Phi) is 3.94. The quantitative estimate of drug-likeness (QED) is 0.676. The van der Waals surface area contributed by atoms with Gasteiger partial charge in [0.1, 0.15) is 11.4 Å². The van der Waals surface area contributed by atoms with Gasteiger partial charge in [-0.1, -0.05) is 0 Å². The van der Waals surface area contributed by atoms with Crippen molar-refractivity contribution < 1.29 is 14.1 Å². The first-order chi connectivity index (χ1) is 9.52. The molecule has 1 fully saturated rings. The molecule has 2 unspecified atom stereocenters. The van der Waals surface area contributed by atoms with E-state index in [-0.39, 0.29) is 17.5 Å². The van der Waals surface area contributed by atoms with Crippen molar-refractivity contribution in [1.82, 2.24) is 5.32 Å². The molecule has 6 nitrogen and oxygen atoms in total. The maximum atomic E-state index is 13.2. The Bertz CT molecular complexity index is 597. The van der Waals surface area contributed by atoms with Gasteiger partial charge in [-0.05, 0) is 31.4 Å². The van der Waals surface area contributed by atoms with Crippen LogP contribution in [0.5, 0.6) is 0 Å². The van der Waals surface area contributed by atoms with E-state index in [4.69, 9.17) is 5.26 Å². The van der Waals surface area contributed by atoms with E-state index < -0.39 is 22.3 Å². The normalized spacial score (nSPS) is 21.2. The molecule has 1 N–H and O–H groups in total. The van der Waals surface area contributed by atoms with Crippen LogP contribution in [-0.4, -0.2) is 16.9 Å². The number of amides is 1. The topological polar surface area (TPSA) is 96.0 Å². The van der Waals surface area contributed by atoms with Crippen molar-refractivity contribution in [1.29, 1.82) is 5.26 Å². The lowest BCUT2D eigenvalue weighted by Gasteiger charge is -2.15. The fourth-order valence-electron chi connectivity index (χ4n) is 2.38. The number of nitrogens with zero attached hydrogens (tertiary/aromatic N) is 2. The molecule has 1 aromatic rings. The number of nitro groups is 1. The Morgan fingerprint density at radius 3 is 2.90 bits per heavy atom. The number of nitriles is 1. The van der Waals surface area contributed by atoms with Crippen LogP contribution < -0.4 is 5.32 Å². The summed E-state index contributed by atoms with van der Waals surface area (Å²) < 4.78 is 13.2. The van der Waals surface area contributed by atoms with Crippen molar-refractivity contribution in [3.8, 4) is 6.07 Å². The second-order valence-corrected chi connectivity index (χ2v) is 4.67. The molecule has 1 amide bonds. The number of rotatable bonds is 3. The van der Waals surface area contributed by atoms with Crippen LogP contribution in [-0.2, 0) is 0 Å². The van der Waals surface area contributed by atoms with Gasteiger partial charge in [-0.15, -0.1) is 0 Å². The number of benzene rings is 1. The molecule has 104 valence electrons. The van der Waals surface area contributed by atoms with Gasteiger partial charge >= 0.3 is 0 Å². The van der Waals surface area contributed by atoms with Gasteiger partial charge in [0, 0.05) is 12.1 Å². The fraction of sp³-hybridized carbons (Fsp3) is 0.385. The predicted octanol–water partition coefficient (Wildman–Crippen LogP) is 2.16. The SMILES string of the molecule is N#CC1CCCC1NC(=O)c1cc(F)ccc1[N+](=O)[O-]. The van der Waals surface area contributed by atoms with Crippen LogP contribution in [0.2, 0.25) is 0 Å². The molecule has 0 radical (unpaired) electrons. The standard InChI is InChI=1S/C13H12FN3O3/c14-9-4-5-12(17(19)20)10(6-9)13(18)16-11-3-1-2-8(11)7-15/h4-6,8,11H,1-3H2,(H,16,18). The Balaban J connectivity index is 2.23. The summed E-state index contributed by atoms with van der Waals surface area (Å²) in [5.74, 6) is -1.74. The molecule has 1 aliphatic rings. The van der Waals surface area contributed by atoms with Crippen molar-refractivity contribution in [3.05, 3.63) is 39.7 Å². The molecule has 7 heteroatoms. The van der Waals surface area contributed by atoms with Crippen molar-refractivity contribution in [2.45, 2.75) is 25.3 Å². The highest BCUT2D eigenvalue weighted by Crippen LogP contribution is 2.26. The minimum atomic E-state index is -0.731. The van der Waals surface area contributed by atoms with E-state index in [9.17, 15) is 19.3 Å². The van der Waals surface area contributed by atoms with Crippen LogP contribution in [0, 0.1) is 33.2 Å². The van der Waals surface area contributed by atoms with E-state index in [0.29, 0.717) is 12.8 Å². The summed E-state index contributed by atoms with van der Waals surface area (Å²) >= 11 is 0.